The van der Waals surface area contributed by atoms with E-state index in [1.54, 1.807) is 0 Å². The van der Waals surface area contributed by atoms with Crippen LogP contribution in [0.15, 0.2) is 24.3 Å². The Morgan fingerprint density at radius 1 is 1.04 bits per heavy atom. The van der Waals surface area contributed by atoms with Crippen molar-refractivity contribution in [1.29, 1.82) is 0 Å². The Labute approximate surface area is 159 Å². The Kier molecular flexibility index (Phi) is 5.18. The number of carbonyl (C=O) groups excluding carboxylic acids is 2. The summed E-state index contributed by atoms with van der Waals surface area (Å²) in [6.45, 7) is 3.10. The van der Waals surface area contributed by atoms with E-state index >= 15 is 0 Å². The van der Waals surface area contributed by atoms with E-state index in [4.69, 9.17) is 16.3 Å². The molecule has 2 saturated heterocycles. The van der Waals surface area contributed by atoms with Gasteiger partial charge in [0.05, 0.1) is 19.1 Å². The largest absolute Gasteiger partial charge is 0.378 e. The molecule has 2 atom stereocenters. The maximum absolute atomic E-state index is 13.4. The Morgan fingerprint density at radius 3 is 2.38 bits per heavy atom. The SMILES string of the molecule is O=C([C@@H]1CCCN1C(=O)C(c1ccc(Cl)cc1)C1CC1)N1CCOCC1. The van der Waals surface area contributed by atoms with Gasteiger partial charge in [-0.15, -0.1) is 0 Å². The molecule has 1 saturated carbocycles. The van der Waals surface area contributed by atoms with Crippen molar-refractivity contribution in [3.63, 3.8) is 0 Å². The minimum atomic E-state index is -0.311. The van der Waals surface area contributed by atoms with Crippen molar-refractivity contribution in [3.8, 4) is 0 Å². The number of benzene rings is 1. The zero-order chi connectivity index (χ0) is 18.1. The van der Waals surface area contributed by atoms with Gasteiger partial charge >= 0.3 is 0 Å². The molecular formula is C20H25ClN2O3. The van der Waals surface area contributed by atoms with Crippen molar-refractivity contribution in [2.24, 2.45) is 5.92 Å². The van der Waals surface area contributed by atoms with Crippen LogP contribution >= 0.6 is 11.6 Å². The highest BCUT2D eigenvalue weighted by atomic mass is 35.5. The van der Waals surface area contributed by atoms with Crippen LogP contribution in [0, 0.1) is 5.92 Å². The van der Waals surface area contributed by atoms with Crippen LogP contribution < -0.4 is 0 Å². The third-order valence-corrected chi connectivity index (χ3v) is 5.98. The number of nitrogens with zero attached hydrogens (tertiary/aromatic N) is 2. The minimum Gasteiger partial charge on any atom is -0.378 e. The van der Waals surface area contributed by atoms with Crippen LogP contribution in [0.4, 0.5) is 0 Å². The molecule has 1 aliphatic carbocycles. The molecule has 1 aromatic carbocycles. The van der Waals surface area contributed by atoms with Crippen LogP contribution in [0.3, 0.4) is 0 Å². The Hall–Kier alpha value is -1.59. The average Bonchev–Trinajstić information content (AvgIpc) is 3.38. The van der Waals surface area contributed by atoms with Gasteiger partial charge in [0, 0.05) is 24.7 Å². The molecule has 0 aromatic heterocycles. The Morgan fingerprint density at radius 2 is 1.73 bits per heavy atom. The van der Waals surface area contributed by atoms with Gasteiger partial charge in [0.15, 0.2) is 0 Å². The fourth-order valence-corrected chi connectivity index (χ4v) is 4.30. The fourth-order valence-electron chi connectivity index (χ4n) is 4.18. The van der Waals surface area contributed by atoms with Crippen LogP contribution in [0.2, 0.25) is 5.02 Å². The lowest BCUT2D eigenvalue weighted by Gasteiger charge is -2.34. The molecule has 0 bridgehead atoms. The molecule has 0 spiro atoms. The van der Waals surface area contributed by atoms with Crippen LogP contribution in [-0.4, -0.2) is 60.5 Å². The van der Waals surface area contributed by atoms with E-state index < -0.39 is 0 Å². The number of morpholine rings is 1. The summed E-state index contributed by atoms with van der Waals surface area (Å²) in [7, 11) is 0. The Bertz CT molecular complexity index is 668. The number of likely N-dealkylation sites (tertiary alicyclic amines) is 1. The molecule has 3 fully saturated rings. The topological polar surface area (TPSA) is 49.9 Å². The van der Waals surface area contributed by atoms with Crippen molar-refractivity contribution in [3.05, 3.63) is 34.9 Å². The number of hydrogen-bond donors (Lipinski definition) is 0. The molecule has 2 aliphatic heterocycles. The number of ether oxygens (including phenoxy) is 1. The highest BCUT2D eigenvalue weighted by Crippen LogP contribution is 2.44. The third kappa shape index (κ3) is 3.60. The first-order chi connectivity index (χ1) is 12.6. The van der Waals surface area contributed by atoms with Gasteiger partial charge in [-0.3, -0.25) is 9.59 Å². The molecular weight excluding hydrogens is 352 g/mol. The predicted octanol–water partition coefficient (Wildman–Crippen LogP) is 2.68. The van der Waals surface area contributed by atoms with E-state index in [-0.39, 0.29) is 23.8 Å². The van der Waals surface area contributed by atoms with Gasteiger partial charge in [0.25, 0.3) is 0 Å². The predicted molar refractivity (Wildman–Crippen MR) is 99.1 cm³/mol. The number of rotatable bonds is 4. The lowest BCUT2D eigenvalue weighted by Crippen LogP contribution is -2.52. The molecule has 0 radical (unpaired) electrons. The minimum absolute atomic E-state index is 0.0878. The summed E-state index contributed by atoms with van der Waals surface area (Å²) in [5, 5.41) is 0.678. The second-order valence-corrected chi connectivity index (χ2v) is 7.93. The maximum Gasteiger partial charge on any atom is 0.245 e. The summed E-state index contributed by atoms with van der Waals surface area (Å²) in [4.78, 5) is 30.1. The average molecular weight is 377 g/mol. The highest BCUT2D eigenvalue weighted by molar-refractivity contribution is 6.30. The smallest absolute Gasteiger partial charge is 0.245 e. The summed E-state index contributed by atoms with van der Waals surface area (Å²) in [6, 6.07) is 7.30. The van der Waals surface area contributed by atoms with Gasteiger partial charge in [0.1, 0.15) is 6.04 Å². The van der Waals surface area contributed by atoms with Crippen molar-refractivity contribution in [1.82, 2.24) is 9.80 Å². The first kappa shape index (κ1) is 17.8. The number of hydrogen-bond acceptors (Lipinski definition) is 3. The van der Waals surface area contributed by atoms with E-state index in [1.165, 1.54) is 0 Å². The van der Waals surface area contributed by atoms with Crippen molar-refractivity contribution in [2.45, 2.75) is 37.6 Å². The van der Waals surface area contributed by atoms with Gasteiger partial charge in [-0.25, -0.2) is 0 Å². The molecule has 140 valence electrons. The number of halogens is 1. The molecule has 4 rings (SSSR count). The van der Waals surface area contributed by atoms with E-state index in [1.807, 2.05) is 34.1 Å². The number of carbonyl (C=O) groups is 2. The van der Waals surface area contributed by atoms with Crippen LogP contribution in [0.25, 0.3) is 0 Å². The lowest BCUT2D eigenvalue weighted by atomic mass is 9.92. The second kappa shape index (κ2) is 7.57. The Balaban J connectivity index is 1.52. The van der Waals surface area contributed by atoms with Crippen molar-refractivity contribution in [2.75, 3.05) is 32.8 Å². The molecule has 6 heteroatoms. The lowest BCUT2D eigenvalue weighted by molar-refractivity contribution is -0.147. The first-order valence-corrected chi connectivity index (χ1v) is 9.95. The van der Waals surface area contributed by atoms with Crippen LogP contribution in [-0.2, 0) is 14.3 Å². The van der Waals surface area contributed by atoms with Gasteiger partial charge < -0.3 is 14.5 Å². The van der Waals surface area contributed by atoms with Gasteiger partial charge in [-0.2, -0.15) is 0 Å². The van der Waals surface area contributed by atoms with E-state index in [0.29, 0.717) is 43.8 Å². The molecule has 1 aromatic rings. The summed E-state index contributed by atoms with van der Waals surface area (Å²) in [5.41, 5.74) is 1.02. The maximum atomic E-state index is 13.4. The van der Waals surface area contributed by atoms with Gasteiger partial charge in [-0.05, 0) is 49.3 Å². The summed E-state index contributed by atoms with van der Waals surface area (Å²) in [6.07, 6.45) is 3.81. The first-order valence-electron chi connectivity index (χ1n) is 9.57. The summed E-state index contributed by atoms with van der Waals surface area (Å²) < 4.78 is 5.35. The highest BCUT2D eigenvalue weighted by Gasteiger charge is 2.44. The second-order valence-electron chi connectivity index (χ2n) is 7.49. The molecule has 2 heterocycles. The molecule has 3 aliphatic rings. The zero-order valence-corrected chi connectivity index (χ0v) is 15.7. The monoisotopic (exact) mass is 376 g/mol. The number of amides is 2. The van der Waals surface area contributed by atoms with Crippen LogP contribution in [0.1, 0.15) is 37.2 Å². The zero-order valence-electron chi connectivity index (χ0n) is 14.9. The van der Waals surface area contributed by atoms with Crippen LogP contribution in [0.5, 0.6) is 0 Å². The standard InChI is InChI=1S/C20H25ClN2O3/c21-16-7-5-15(6-8-16)18(14-3-4-14)20(25)23-9-1-2-17(23)19(24)22-10-12-26-13-11-22/h5-8,14,17-18H,1-4,9-13H2/t17-,18?/m0/s1. The fraction of sp³-hybridized carbons (Fsp3) is 0.600. The van der Waals surface area contributed by atoms with Gasteiger partial charge in [0.2, 0.25) is 11.8 Å². The van der Waals surface area contributed by atoms with E-state index in [2.05, 4.69) is 0 Å². The van der Waals surface area contributed by atoms with E-state index in [0.717, 1.165) is 31.2 Å². The normalized spacial score (nSPS) is 24.6. The molecule has 26 heavy (non-hydrogen) atoms. The quantitative estimate of drug-likeness (QED) is 0.811. The molecule has 0 N–H and O–H groups in total. The van der Waals surface area contributed by atoms with Gasteiger partial charge in [-0.1, -0.05) is 23.7 Å². The van der Waals surface area contributed by atoms with Crippen molar-refractivity contribution < 1.29 is 14.3 Å². The molecule has 1 unspecified atom stereocenters. The third-order valence-electron chi connectivity index (χ3n) is 5.73. The van der Waals surface area contributed by atoms with E-state index in [9.17, 15) is 9.59 Å². The molecule has 2 amide bonds. The summed E-state index contributed by atoms with van der Waals surface area (Å²) in [5.74, 6) is 0.442. The summed E-state index contributed by atoms with van der Waals surface area (Å²) >= 11 is 6.01. The molecule has 5 nitrogen and oxygen atoms in total. The van der Waals surface area contributed by atoms with Crippen molar-refractivity contribution >= 4 is 23.4 Å².